The van der Waals surface area contributed by atoms with Crippen LogP contribution in [0.4, 0.5) is 0 Å². The van der Waals surface area contributed by atoms with E-state index in [-0.39, 0.29) is 78.5 Å². The maximum atomic E-state index is 11.2. The van der Waals surface area contributed by atoms with Crippen LogP contribution in [0.15, 0.2) is 48.5 Å². The third-order valence-corrected chi connectivity index (χ3v) is 17.6. The summed E-state index contributed by atoms with van der Waals surface area (Å²) in [5.41, 5.74) is 6.68. The second-order valence-corrected chi connectivity index (χ2v) is 25.1. The van der Waals surface area contributed by atoms with Gasteiger partial charge >= 0.3 is 0 Å². The first-order chi connectivity index (χ1) is 46.2. The van der Waals surface area contributed by atoms with Gasteiger partial charge in [-0.1, -0.05) is 27.7 Å². The molecule has 0 amide bonds. The van der Waals surface area contributed by atoms with E-state index in [0.717, 1.165) is 0 Å². The molecule has 4 aliphatic heterocycles. The lowest BCUT2D eigenvalue weighted by Gasteiger charge is -2.39. The molecule has 5 aliphatic rings. The molecular formula is C68H96O28. The van der Waals surface area contributed by atoms with E-state index in [0.29, 0.717) is 115 Å². The van der Waals surface area contributed by atoms with E-state index in [1.165, 1.54) is 0 Å². The fraction of sp³-hybridized carbons (Fsp3) is 0.647. The zero-order valence-electron chi connectivity index (χ0n) is 54.4. The molecule has 4 aromatic carbocycles. The molecule has 0 radical (unpaired) electrons. The van der Waals surface area contributed by atoms with Gasteiger partial charge in [-0.3, -0.25) is 0 Å². The highest BCUT2D eigenvalue weighted by Gasteiger charge is 2.48. The number of aliphatic hydroxyl groups excluding tert-OH is 16. The molecule has 4 fully saturated rings. The summed E-state index contributed by atoms with van der Waals surface area (Å²) in [4.78, 5) is 0. The summed E-state index contributed by atoms with van der Waals surface area (Å²) in [6, 6.07) is 14.7. The SMILES string of the molecule is CCCOc1c2cc(CO[C@H]3O[C@H](CO)[C@@H](O)[C@H](O)[C@@H]3O)cc1Cc1cc(CO[C@H]3O[C@H](CO)[C@@H](O)[C@H](O)[C@@H]3O)cc(c1OCCC)Cc1cc(CO[C@H]3O[C@H](CO)[C@@H](O)[C@H](O)[C@@H]3O)cc(c1OCCC)Cc1cc(CO[C@H]3O[C@H](CO)[C@@H](O)[C@H](O)[C@@H]3O)cc(c1OCCC)C2. The predicted octanol–water partition coefficient (Wildman–Crippen LogP) is -1.22. The minimum absolute atomic E-state index is 0.0503. The molecule has 8 bridgehead atoms. The van der Waals surface area contributed by atoms with Gasteiger partial charge in [-0.2, -0.15) is 0 Å². The Morgan fingerprint density at radius 3 is 0.615 bits per heavy atom. The second-order valence-electron chi connectivity index (χ2n) is 25.1. The number of aliphatic hydroxyl groups is 16. The summed E-state index contributed by atoms with van der Waals surface area (Å²) < 4.78 is 75.5. The van der Waals surface area contributed by atoms with E-state index in [1.807, 2.05) is 76.2 Å². The Labute approximate surface area is 556 Å². The topological polar surface area (TPSA) is 434 Å². The van der Waals surface area contributed by atoms with Crippen LogP contribution in [-0.4, -0.2) is 257 Å². The fourth-order valence-electron chi connectivity index (χ4n) is 12.6. The fourth-order valence-corrected chi connectivity index (χ4v) is 12.6. The van der Waals surface area contributed by atoms with Gasteiger partial charge in [0.15, 0.2) is 25.2 Å². The second kappa shape index (κ2) is 34.9. The van der Waals surface area contributed by atoms with Gasteiger partial charge in [0.25, 0.3) is 0 Å². The van der Waals surface area contributed by atoms with Gasteiger partial charge in [-0.05, 0) is 141 Å². The first-order valence-corrected chi connectivity index (χ1v) is 33.0. The van der Waals surface area contributed by atoms with Crippen LogP contribution in [0.3, 0.4) is 0 Å². The molecule has 9 rings (SSSR count). The maximum Gasteiger partial charge on any atom is 0.187 e. The van der Waals surface area contributed by atoms with Crippen LogP contribution in [-0.2, 0) is 90.0 Å². The van der Waals surface area contributed by atoms with Gasteiger partial charge in [0, 0.05) is 25.7 Å². The van der Waals surface area contributed by atoms with Crippen molar-refractivity contribution in [3.05, 3.63) is 115 Å². The third-order valence-electron chi connectivity index (χ3n) is 17.6. The Morgan fingerprint density at radius 1 is 0.281 bits per heavy atom. The Bertz CT molecular complexity index is 2610. The van der Waals surface area contributed by atoms with Gasteiger partial charge in [-0.15, -0.1) is 0 Å². The normalized spacial score (nSPS) is 31.6. The standard InChI is InChI=1S/C68H96O28/c1-5-9-85-61-37-13-33(29-89-65-57(81)53(77)49(73)45(25-69)93-65)14-38(61)22-40-16-35(31-91-67-59(83)55(79)51(75)47(27-71)95-67)18-42(63(40)87-11-7-3)24-44-20-36(32-92-68-60(84)56(80)52(76)48(28-72)96-68)19-43(64(44)88-12-8-4)23-41-17-34(15-39(21-37)62(41)86-10-6-2)30-90-66-58(82)54(78)50(74)46(26-70)94-66/h13-20,45-60,65-84H,5-12,21-32H2,1-4H3/t45-,46-,47-,48-,49-,50-,51-,52-,53+,54+,55+,56+,57+,58+,59+,60+,65+,66+,67+,68+/m1/s1. The summed E-state index contributed by atoms with van der Waals surface area (Å²) in [5, 5.41) is 171. The summed E-state index contributed by atoms with van der Waals surface area (Å²) in [6.07, 6.45) is -29.2. The number of hydrogen-bond acceptors (Lipinski definition) is 28. The van der Waals surface area contributed by atoms with E-state index in [4.69, 9.17) is 56.8 Å². The lowest BCUT2D eigenvalue weighted by molar-refractivity contribution is -0.304. The Kier molecular flexibility index (Phi) is 27.4. The molecule has 20 atom stereocenters. The molecule has 0 spiro atoms. The van der Waals surface area contributed by atoms with Crippen molar-refractivity contribution in [3.63, 3.8) is 0 Å². The minimum Gasteiger partial charge on any atom is -0.493 e. The van der Waals surface area contributed by atoms with Crippen LogP contribution >= 0.6 is 0 Å². The number of hydrogen-bond donors (Lipinski definition) is 16. The van der Waals surface area contributed by atoms with Gasteiger partial charge in [0.1, 0.15) is 121 Å². The van der Waals surface area contributed by atoms with Crippen molar-refractivity contribution in [2.45, 2.75) is 228 Å². The van der Waals surface area contributed by atoms with Crippen molar-refractivity contribution in [1.82, 2.24) is 0 Å². The lowest BCUT2D eigenvalue weighted by Crippen LogP contribution is -2.59. The minimum atomic E-state index is -1.74. The molecule has 1 aliphatic carbocycles. The number of benzene rings is 4. The van der Waals surface area contributed by atoms with Crippen molar-refractivity contribution >= 4 is 0 Å². The Morgan fingerprint density at radius 2 is 0.458 bits per heavy atom. The first-order valence-electron chi connectivity index (χ1n) is 33.0. The van der Waals surface area contributed by atoms with Crippen LogP contribution in [0.2, 0.25) is 0 Å². The van der Waals surface area contributed by atoms with Gasteiger partial charge < -0.3 is 139 Å². The zero-order valence-corrected chi connectivity index (χ0v) is 54.4. The average molecular weight is 1360 g/mol. The van der Waals surface area contributed by atoms with Crippen molar-refractivity contribution in [2.75, 3.05) is 52.9 Å². The molecule has 536 valence electrons. The maximum absolute atomic E-state index is 11.2. The first kappa shape index (κ1) is 75.3. The van der Waals surface area contributed by atoms with E-state index < -0.39 is 149 Å². The molecule has 28 heteroatoms. The highest BCUT2D eigenvalue weighted by atomic mass is 16.7. The molecule has 4 heterocycles. The third kappa shape index (κ3) is 17.5. The van der Waals surface area contributed by atoms with Crippen LogP contribution in [0, 0.1) is 0 Å². The quantitative estimate of drug-likeness (QED) is 0.0279. The summed E-state index contributed by atoms with van der Waals surface area (Å²) in [7, 11) is 0. The molecule has 4 saturated heterocycles. The number of ether oxygens (including phenoxy) is 12. The molecule has 0 aromatic heterocycles. The van der Waals surface area contributed by atoms with E-state index in [9.17, 15) is 81.7 Å². The predicted molar refractivity (Wildman–Crippen MR) is 334 cm³/mol. The lowest BCUT2D eigenvalue weighted by atomic mass is 9.88. The van der Waals surface area contributed by atoms with Gasteiger partial charge in [0.05, 0.1) is 79.3 Å². The van der Waals surface area contributed by atoms with Crippen molar-refractivity contribution in [1.29, 1.82) is 0 Å². The van der Waals surface area contributed by atoms with Crippen molar-refractivity contribution in [2.24, 2.45) is 0 Å². The summed E-state index contributed by atoms with van der Waals surface area (Å²) in [6.45, 7) is 4.82. The summed E-state index contributed by atoms with van der Waals surface area (Å²) in [5.74, 6) is 1.79. The Balaban J connectivity index is 1.28. The highest BCUT2D eigenvalue weighted by Crippen LogP contribution is 2.43. The smallest absolute Gasteiger partial charge is 0.187 e. The summed E-state index contributed by atoms with van der Waals surface area (Å²) >= 11 is 0. The molecule has 0 saturated carbocycles. The van der Waals surface area contributed by atoms with Gasteiger partial charge in [-0.25, -0.2) is 0 Å². The molecule has 96 heavy (non-hydrogen) atoms. The van der Waals surface area contributed by atoms with Crippen molar-refractivity contribution < 1.29 is 139 Å². The van der Waals surface area contributed by atoms with Gasteiger partial charge in [0.2, 0.25) is 0 Å². The molecule has 16 N–H and O–H groups in total. The largest absolute Gasteiger partial charge is 0.493 e. The molecular weight excluding hydrogens is 1260 g/mol. The van der Waals surface area contributed by atoms with Crippen molar-refractivity contribution in [3.8, 4) is 23.0 Å². The monoisotopic (exact) mass is 1360 g/mol. The average Bonchev–Trinajstić information content (AvgIpc) is 0.784. The van der Waals surface area contributed by atoms with Crippen LogP contribution in [0.1, 0.15) is 120 Å². The Hall–Kier alpha value is -4.88. The molecule has 4 aromatic rings. The number of rotatable bonds is 28. The van der Waals surface area contributed by atoms with Crippen LogP contribution in [0.5, 0.6) is 23.0 Å². The number of fused-ring (bicyclic) bond motifs is 8. The van der Waals surface area contributed by atoms with E-state index in [2.05, 4.69) is 0 Å². The zero-order chi connectivity index (χ0) is 69.1. The highest BCUT2D eigenvalue weighted by molar-refractivity contribution is 5.58. The van der Waals surface area contributed by atoms with Crippen LogP contribution < -0.4 is 18.9 Å². The van der Waals surface area contributed by atoms with Crippen LogP contribution in [0.25, 0.3) is 0 Å². The van der Waals surface area contributed by atoms with E-state index in [1.54, 1.807) is 0 Å². The molecule has 0 unspecified atom stereocenters. The molecule has 28 nitrogen and oxygen atoms in total. The van der Waals surface area contributed by atoms with E-state index >= 15 is 0 Å².